The first-order chi connectivity index (χ1) is 12.3. The van der Waals surface area contributed by atoms with E-state index < -0.39 is 11.0 Å². The fourth-order valence-corrected chi connectivity index (χ4v) is 4.51. The van der Waals surface area contributed by atoms with Gasteiger partial charge in [0.1, 0.15) is 16.7 Å². The Morgan fingerprint density at radius 1 is 1.27 bits per heavy atom. The molecule has 0 radical (unpaired) electrons. The lowest BCUT2D eigenvalue weighted by Crippen LogP contribution is -2.09. The van der Waals surface area contributed by atoms with Gasteiger partial charge < -0.3 is 10.1 Å². The van der Waals surface area contributed by atoms with E-state index in [2.05, 4.69) is 15.3 Å². The van der Waals surface area contributed by atoms with Crippen molar-refractivity contribution in [3.8, 4) is 16.3 Å². The van der Waals surface area contributed by atoms with Gasteiger partial charge >= 0.3 is 0 Å². The predicted molar refractivity (Wildman–Crippen MR) is 109 cm³/mol. The molecule has 9 heteroatoms. The number of hydrogen-bond acceptors (Lipinski definition) is 7. The Labute approximate surface area is 163 Å². The van der Waals surface area contributed by atoms with E-state index in [-0.39, 0.29) is 6.10 Å². The fraction of sp³-hybridized carbons (Fsp3) is 0.294. The molecule has 1 unspecified atom stereocenters. The van der Waals surface area contributed by atoms with Gasteiger partial charge in [-0.2, -0.15) is 0 Å². The van der Waals surface area contributed by atoms with Crippen LogP contribution in [0.5, 0.6) is 5.75 Å². The zero-order valence-electron chi connectivity index (χ0n) is 14.9. The first-order valence-corrected chi connectivity index (χ1v) is 10.9. The van der Waals surface area contributed by atoms with Crippen LogP contribution in [-0.2, 0) is 11.0 Å². The summed E-state index contributed by atoms with van der Waals surface area (Å²) in [6, 6.07) is 5.21. The monoisotopic (exact) mass is 408 g/mol. The van der Waals surface area contributed by atoms with Crippen molar-refractivity contribution in [1.82, 2.24) is 9.97 Å². The van der Waals surface area contributed by atoms with E-state index in [0.717, 1.165) is 26.4 Å². The molecule has 2 heterocycles. The molecule has 1 atom stereocenters. The molecule has 3 rings (SSSR count). The van der Waals surface area contributed by atoms with E-state index in [1.54, 1.807) is 29.5 Å². The Morgan fingerprint density at radius 3 is 2.65 bits per heavy atom. The van der Waals surface area contributed by atoms with Gasteiger partial charge in [0.25, 0.3) is 0 Å². The van der Waals surface area contributed by atoms with Crippen molar-refractivity contribution >= 4 is 44.5 Å². The highest BCUT2D eigenvalue weighted by molar-refractivity contribution is 7.82. The number of hydrogen-bond donors (Lipinski definition) is 2. The van der Waals surface area contributed by atoms with Gasteiger partial charge in [-0.1, -0.05) is 0 Å². The van der Waals surface area contributed by atoms with Crippen molar-refractivity contribution < 1.29 is 8.95 Å². The van der Waals surface area contributed by atoms with Crippen molar-refractivity contribution in [2.24, 2.45) is 5.14 Å². The smallest absolute Gasteiger partial charge is 0.187 e. The van der Waals surface area contributed by atoms with Crippen LogP contribution in [0, 0.1) is 13.8 Å². The lowest BCUT2D eigenvalue weighted by atomic mass is 10.3. The van der Waals surface area contributed by atoms with Gasteiger partial charge in [0.2, 0.25) is 0 Å². The van der Waals surface area contributed by atoms with Crippen LogP contribution in [0.4, 0.5) is 10.8 Å². The summed E-state index contributed by atoms with van der Waals surface area (Å²) in [6.45, 7) is 7.88. The fourth-order valence-electron chi connectivity index (χ4n) is 2.41. The zero-order valence-corrected chi connectivity index (χ0v) is 17.3. The van der Waals surface area contributed by atoms with Gasteiger partial charge in [0.05, 0.1) is 38.0 Å². The third-order valence-corrected chi connectivity index (χ3v) is 6.00. The number of anilines is 2. The number of benzene rings is 1. The maximum atomic E-state index is 11.6. The molecule has 0 spiro atoms. The van der Waals surface area contributed by atoms with Crippen molar-refractivity contribution in [3.05, 3.63) is 34.3 Å². The molecule has 1 aromatic carbocycles. The third-order valence-electron chi connectivity index (χ3n) is 3.43. The average Bonchev–Trinajstić information content (AvgIpc) is 3.14. The first-order valence-electron chi connectivity index (χ1n) is 7.97. The first kappa shape index (κ1) is 19.0. The Bertz CT molecular complexity index is 949. The summed E-state index contributed by atoms with van der Waals surface area (Å²) < 4.78 is 17.4. The molecule has 0 saturated carbocycles. The summed E-state index contributed by atoms with van der Waals surface area (Å²) in [7, 11) is -1.56. The highest BCUT2D eigenvalue weighted by Gasteiger charge is 2.14. The lowest BCUT2D eigenvalue weighted by molar-refractivity contribution is 0.243. The van der Waals surface area contributed by atoms with Gasteiger partial charge in [0.15, 0.2) is 5.13 Å². The van der Waals surface area contributed by atoms with Gasteiger partial charge in [-0.25, -0.2) is 19.3 Å². The van der Waals surface area contributed by atoms with E-state index in [4.69, 9.17) is 9.88 Å². The number of nitrogens with one attached hydrogen (secondary N) is 1. The highest BCUT2D eigenvalue weighted by Crippen LogP contribution is 2.35. The summed E-state index contributed by atoms with van der Waals surface area (Å²) in [6.07, 6.45) is 0.0134. The standard InChI is InChI=1S/C17H20N4O2S3/c1-9(2)23-15-6-5-12(26(18)22)7-13(15)20-17-21-14(8-24-17)16-10(3)19-11(4)25-16/h5-9H,18H2,1-4H3,(H,20,21). The summed E-state index contributed by atoms with van der Waals surface area (Å²) >= 11 is 3.12. The van der Waals surface area contributed by atoms with Gasteiger partial charge in [0, 0.05) is 5.38 Å². The van der Waals surface area contributed by atoms with Crippen LogP contribution in [0.25, 0.3) is 10.6 Å². The maximum Gasteiger partial charge on any atom is 0.187 e. The van der Waals surface area contributed by atoms with Crippen LogP contribution in [0.15, 0.2) is 28.5 Å². The quantitative estimate of drug-likeness (QED) is 0.631. The average molecular weight is 409 g/mol. The Kier molecular flexibility index (Phi) is 5.71. The van der Waals surface area contributed by atoms with Crippen molar-refractivity contribution in [3.63, 3.8) is 0 Å². The number of ether oxygens (including phenoxy) is 1. The predicted octanol–water partition coefficient (Wildman–Crippen LogP) is 4.40. The van der Waals surface area contributed by atoms with Crippen LogP contribution in [-0.4, -0.2) is 20.3 Å². The number of aromatic nitrogens is 2. The number of aryl methyl sites for hydroxylation is 2. The zero-order chi connectivity index (χ0) is 18.8. The third kappa shape index (κ3) is 4.29. The SMILES string of the molecule is Cc1nc(C)c(-c2csc(Nc3cc(S(N)=O)ccc3OC(C)C)n2)s1. The van der Waals surface area contributed by atoms with Crippen LogP contribution >= 0.6 is 22.7 Å². The van der Waals surface area contributed by atoms with E-state index >= 15 is 0 Å². The second-order valence-corrected chi connectivity index (χ2v) is 9.06. The highest BCUT2D eigenvalue weighted by atomic mass is 32.2. The molecule has 2 aromatic heterocycles. The number of rotatable bonds is 6. The molecule has 0 aliphatic rings. The molecule has 0 aliphatic heterocycles. The maximum absolute atomic E-state index is 11.6. The molecule has 138 valence electrons. The summed E-state index contributed by atoms with van der Waals surface area (Å²) in [5.41, 5.74) is 2.56. The molecule has 3 N–H and O–H groups in total. The molecule has 26 heavy (non-hydrogen) atoms. The molecular weight excluding hydrogens is 388 g/mol. The number of nitrogens with zero attached hydrogens (tertiary/aromatic N) is 2. The molecule has 0 amide bonds. The second kappa shape index (κ2) is 7.83. The Morgan fingerprint density at radius 2 is 2.04 bits per heavy atom. The van der Waals surface area contributed by atoms with E-state index in [1.165, 1.54) is 11.3 Å². The minimum absolute atomic E-state index is 0.0134. The normalized spacial score (nSPS) is 12.4. The van der Waals surface area contributed by atoms with Crippen LogP contribution in [0.1, 0.15) is 24.5 Å². The number of thiazole rings is 2. The van der Waals surface area contributed by atoms with E-state index in [9.17, 15) is 4.21 Å². The van der Waals surface area contributed by atoms with Crippen molar-refractivity contribution in [2.45, 2.75) is 38.7 Å². The minimum Gasteiger partial charge on any atom is -0.489 e. The van der Waals surface area contributed by atoms with Crippen molar-refractivity contribution in [1.29, 1.82) is 0 Å². The molecule has 0 fully saturated rings. The lowest BCUT2D eigenvalue weighted by Gasteiger charge is -2.15. The molecule has 0 aliphatic carbocycles. The topological polar surface area (TPSA) is 90.1 Å². The molecule has 6 nitrogen and oxygen atoms in total. The Hall–Kier alpha value is -1.81. The molecule has 0 bridgehead atoms. The van der Waals surface area contributed by atoms with Gasteiger partial charge in [-0.3, -0.25) is 0 Å². The molecule has 3 aromatic rings. The summed E-state index contributed by atoms with van der Waals surface area (Å²) in [5, 5.41) is 12.5. The largest absolute Gasteiger partial charge is 0.489 e. The molecule has 0 saturated heterocycles. The summed E-state index contributed by atoms with van der Waals surface area (Å²) in [5.74, 6) is 0.663. The van der Waals surface area contributed by atoms with Crippen LogP contribution in [0.3, 0.4) is 0 Å². The van der Waals surface area contributed by atoms with Crippen LogP contribution in [0.2, 0.25) is 0 Å². The van der Waals surface area contributed by atoms with Crippen LogP contribution < -0.4 is 15.2 Å². The van der Waals surface area contributed by atoms with E-state index in [1.807, 2.05) is 33.1 Å². The van der Waals surface area contributed by atoms with E-state index in [0.29, 0.717) is 16.3 Å². The summed E-state index contributed by atoms with van der Waals surface area (Å²) in [4.78, 5) is 10.7. The van der Waals surface area contributed by atoms with Gasteiger partial charge in [-0.05, 0) is 45.9 Å². The van der Waals surface area contributed by atoms with Gasteiger partial charge in [-0.15, -0.1) is 22.7 Å². The molecular formula is C17H20N4O2S3. The number of nitrogens with two attached hydrogens (primary N) is 1. The second-order valence-electron chi connectivity index (χ2n) is 5.93. The van der Waals surface area contributed by atoms with Crippen molar-refractivity contribution in [2.75, 3.05) is 5.32 Å². The Balaban J connectivity index is 1.91. The minimum atomic E-state index is -1.56.